The number of nitrogens with two attached hydrogens (primary N) is 1. The van der Waals surface area contributed by atoms with Crippen LogP contribution in [0.25, 0.3) is 28.0 Å². The highest BCUT2D eigenvalue weighted by Gasteiger charge is 2.22. The number of aliphatic imine (C=N–C) groups is 1. The number of rotatable bonds is 8. The molecule has 0 fully saturated rings. The molecule has 3 N–H and O–H groups in total. The van der Waals surface area contributed by atoms with Crippen LogP contribution in [-0.4, -0.2) is 46.0 Å². The number of halogens is 1. The van der Waals surface area contributed by atoms with E-state index in [4.69, 9.17) is 17.3 Å². The number of carbonyl (C=O) groups is 1. The van der Waals surface area contributed by atoms with Crippen LogP contribution in [0, 0.1) is 6.92 Å². The Balaban J connectivity index is 1.77. The van der Waals surface area contributed by atoms with Crippen molar-refractivity contribution in [2.24, 2.45) is 10.7 Å². The van der Waals surface area contributed by atoms with E-state index >= 15 is 0 Å². The fourth-order valence-corrected chi connectivity index (χ4v) is 5.13. The van der Waals surface area contributed by atoms with Gasteiger partial charge < -0.3 is 20.3 Å². The monoisotopic (exact) mass is 520 g/mol. The second-order valence-corrected chi connectivity index (χ2v) is 9.81. The summed E-state index contributed by atoms with van der Waals surface area (Å²) in [5.41, 5.74) is 10.5. The maximum absolute atomic E-state index is 13.3. The number of fused-ring (bicyclic) bond motifs is 2. The van der Waals surface area contributed by atoms with E-state index in [1.54, 1.807) is 10.6 Å². The minimum atomic E-state index is -0.129. The second-order valence-electron chi connectivity index (χ2n) is 9.40. The van der Waals surface area contributed by atoms with E-state index < -0.39 is 0 Å². The van der Waals surface area contributed by atoms with Crippen molar-refractivity contribution in [3.05, 3.63) is 68.6 Å². The van der Waals surface area contributed by atoms with Crippen LogP contribution < -0.4 is 11.3 Å². The van der Waals surface area contributed by atoms with Crippen molar-refractivity contribution in [3.8, 4) is 11.1 Å². The number of amides is 1. The molecule has 4 rings (SSSR count). The Morgan fingerprint density at radius 2 is 1.86 bits per heavy atom. The van der Waals surface area contributed by atoms with Crippen molar-refractivity contribution in [2.45, 2.75) is 46.6 Å². The van der Waals surface area contributed by atoms with Crippen LogP contribution >= 0.6 is 11.6 Å². The molecule has 194 valence electrons. The zero-order chi connectivity index (χ0) is 26.7. The number of nitrogens with zero attached hydrogens (tertiary/aromatic N) is 3. The Morgan fingerprint density at radius 1 is 1.14 bits per heavy atom. The lowest BCUT2D eigenvalue weighted by atomic mass is 9.98. The summed E-state index contributed by atoms with van der Waals surface area (Å²) in [6.07, 6.45) is 3.84. The highest BCUT2D eigenvalue weighted by molar-refractivity contribution is 6.33. The van der Waals surface area contributed by atoms with Crippen LogP contribution in [0.4, 0.5) is 5.69 Å². The zero-order valence-electron chi connectivity index (χ0n) is 21.6. The lowest BCUT2D eigenvalue weighted by Crippen LogP contribution is -2.34. The lowest BCUT2D eigenvalue weighted by molar-refractivity contribution is -0.127. The van der Waals surface area contributed by atoms with Gasteiger partial charge in [0.25, 0.3) is 5.56 Å². The molecule has 0 saturated carbocycles. The van der Waals surface area contributed by atoms with E-state index in [1.807, 2.05) is 48.2 Å². The van der Waals surface area contributed by atoms with Crippen molar-refractivity contribution in [2.75, 3.05) is 19.7 Å². The van der Waals surface area contributed by atoms with Crippen molar-refractivity contribution in [1.29, 1.82) is 0 Å². The summed E-state index contributed by atoms with van der Waals surface area (Å²) in [6, 6.07) is 11.3. The van der Waals surface area contributed by atoms with Crippen LogP contribution in [0.2, 0.25) is 5.02 Å². The first-order valence-electron chi connectivity index (χ1n) is 12.7. The molecule has 1 amide bonds. The molecule has 0 aliphatic carbocycles. The molecule has 8 heteroatoms. The Morgan fingerprint density at radius 3 is 2.54 bits per heavy atom. The number of hydrogen-bond acceptors (Lipinski definition) is 5. The summed E-state index contributed by atoms with van der Waals surface area (Å²) < 4.78 is 1.58. The number of aliphatic hydroxyl groups excluding tert-OH is 1. The number of hydrogen-bond donors (Lipinski definition) is 2. The van der Waals surface area contributed by atoms with E-state index in [0.29, 0.717) is 46.2 Å². The number of pyridine rings is 1. The van der Waals surface area contributed by atoms with Crippen molar-refractivity contribution >= 4 is 45.9 Å². The summed E-state index contributed by atoms with van der Waals surface area (Å²) in [4.78, 5) is 32.6. The Kier molecular flexibility index (Phi) is 8.15. The van der Waals surface area contributed by atoms with E-state index in [9.17, 15) is 14.7 Å². The van der Waals surface area contributed by atoms with Gasteiger partial charge in [-0.1, -0.05) is 31.5 Å². The molecular formula is C29H33ClN4O3. The van der Waals surface area contributed by atoms with E-state index in [2.05, 4.69) is 18.8 Å². The van der Waals surface area contributed by atoms with Gasteiger partial charge in [0.05, 0.1) is 17.3 Å². The molecule has 1 aliphatic rings. The van der Waals surface area contributed by atoms with E-state index in [-0.39, 0.29) is 31.0 Å². The summed E-state index contributed by atoms with van der Waals surface area (Å²) >= 11 is 6.76. The Hall–Kier alpha value is -3.42. The van der Waals surface area contributed by atoms with Gasteiger partial charge in [0.1, 0.15) is 5.84 Å². The predicted molar refractivity (Wildman–Crippen MR) is 152 cm³/mol. The van der Waals surface area contributed by atoms with Crippen LogP contribution in [0.5, 0.6) is 0 Å². The Labute approximate surface area is 221 Å². The van der Waals surface area contributed by atoms with E-state index in [1.165, 1.54) is 0 Å². The van der Waals surface area contributed by atoms with Crippen LogP contribution in [0.1, 0.15) is 44.4 Å². The number of carbonyl (C=O) groups excluding carboxylic acids is 1. The predicted octanol–water partition coefficient (Wildman–Crippen LogP) is 5.05. The van der Waals surface area contributed by atoms with Gasteiger partial charge in [0.2, 0.25) is 5.91 Å². The minimum absolute atomic E-state index is 0.0356. The molecule has 0 radical (unpaired) electrons. The third-order valence-corrected chi connectivity index (χ3v) is 6.90. The number of aromatic nitrogens is 1. The topological polar surface area (TPSA) is 101 Å². The summed E-state index contributed by atoms with van der Waals surface area (Å²) in [7, 11) is 0. The first kappa shape index (κ1) is 26.6. The van der Waals surface area contributed by atoms with Gasteiger partial charge in [-0.05, 0) is 72.7 Å². The molecule has 0 unspecified atom stereocenters. The van der Waals surface area contributed by atoms with Gasteiger partial charge >= 0.3 is 0 Å². The molecule has 1 aliphatic heterocycles. The third-order valence-electron chi connectivity index (χ3n) is 6.59. The quantitative estimate of drug-likeness (QED) is 0.434. The van der Waals surface area contributed by atoms with Gasteiger partial charge in [0, 0.05) is 48.3 Å². The molecule has 0 saturated heterocycles. The zero-order valence-corrected chi connectivity index (χ0v) is 22.3. The molecule has 1 aromatic heterocycles. The molecule has 2 aromatic carbocycles. The van der Waals surface area contributed by atoms with Crippen molar-refractivity contribution in [1.82, 2.24) is 9.47 Å². The molecule has 3 aromatic rings. The molecule has 0 bridgehead atoms. The summed E-state index contributed by atoms with van der Waals surface area (Å²) in [6.45, 7) is 7.50. The molecule has 2 heterocycles. The normalized spacial score (nSPS) is 13.1. The number of aliphatic hydroxyl groups is 1. The number of amidine groups is 1. The maximum Gasteiger partial charge on any atom is 0.258 e. The van der Waals surface area contributed by atoms with Crippen LogP contribution in [0.15, 0.2) is 51.8 Å². The number of aryl methyl sites for hydroxylation is 1. The molecule has 0 atom stereocenters. The first-order chi connectivity index (χ1) is 17.8. The average molecular weight is 521 g/mol. The second kappa shape index (κ2) is 11.3. The summed E-state index contributed by atoms with van der Waals surface area (Å²) in [5.74, 6) is 0.324. The number of benzene rings is 2. The fourth-order valence-electron chi connectivity index (χ4n) is 4.86. The minimum Gasteiger partial charge on any atom is -0.395 e. The lowest BCUT2D eigenvalue weighted by Gasteiger charge is -2.22. The van der Waals surface area contributed by atoms with E-state index in [0.717, 1.165) is 35.0 Å². The summed E-state index contributed by atoms with van der Waals surface area (Å²) in [5, 5.41) is 11.2. The first-order valence-corrected chi connectivity index (χ1v) is 13.1. The fraction of sp³-hybridized carbons (Fsp3) is 0.345. The largest absolute Gasteiger partial charge is 0.395 e. The van der Waals surface area contributed by atoms with Gasteiger partial charge in [-0.25, -0.2) is 4.99 Å². The van der Waals surface area contributed by atoms with Crippen LogP contribution in [0.3, 0.4) is 0 Å². The highest BCUT2D eigenvalue weighted by Crippen LogP contribution is 2.38. The third kappa shape index (κ3) is 5.48. The SMILES string of the molecule is CCCN(CCC)C(=O)C1=Cc2c(Cl)cc(-c3ccc4c(=O)n(CCO)c(C)cc4c3)cc2N=C(N)C1. The molecule has 0 spiro atoms. The smallest absolute Gasteiger partial charge is 0.258 e. The van der Waals surface area contributed by atoms with Crippen molar-refractivity contribution < 1.29 is 9.90 Å². The average Bonchev–Trinajstić information content (AvgIpc) is 3.04. The molecule has 37 heavy (non-hydrogen) atoms. The Bertz CT molecular complexity index is 1470. The standard InChI is InChI=1S/C29H33ClN4O3/c1-4-8-33(9-5-2)28(36)22-14-24-25(30)15-20(16-26(24)32-27(31)17-22)19-6-7-23-21(13-19)12-18(3)34(10-11-35)29(23)37/h6-7,12-16,35H,4-5,8-11,17H2,1-3H3,(H2,31,32). The van der Waals surface area contributed by atoms with Gasteiger partial charge in [0.15, 0.2) is 0 Å². The maximum atomic E-state index is 13.3. The van der Waals surface area contributed by atoms with Gasteiger partial charge in [-0.15, -0.1) is 0 Å². The highest BCUT2D eigenvalue weighted by atomic mass is 35.5. The van der Waals surface area contributed by atoms with Gasteiger partial charge in [-0.3, -0.25) is 9.59 Å². The molecular weight excluding hydrogens is 488 g/mol. The molecule has 7 nitrogen and oxygen atoms in total. The van der Waals surface area contributed by atoms with Gasteiger partial charge in [-0.2, -0.15) is 0 Å². The van der Waals surface area contributed by atoms with Crippen LogP contribution in [-0.2, 0) is 11.3 Å². The van der Waals surface area contributed by atoms with Crippen molar-refractivity contribution in [3.63, 3.8) is 0 Å².